The van der Waals surface area contributed by atoms with E-state index in [0.29, 0.717) is 47.3 Å². The fourth-order valence-corrected chi connectivity index (χ4v) is 11.3. The molecule has 0 saturated heterocycles. The van der Waals surface area contributed by atoms with Crippen LogP contribution in [0.25, 0.3) is 21.9 Å². The van der Waals surface area contributed by atoms with Crippen LogP contribution in [0.15, 0.2) is 49.6 Å². The van der Waals surface area contributed by atoms with Gasteiger partial charge >= 0.3 is 23.9 Å². The van der Waals surface area contributed by atoms with E-state index in [1.165, 1.54) is 18.2 Å². The number of carbonyl (C=O) groups is 5. The van der Waals surface area contributed by atoms with Crippen molar-refractivity contribution in [3.05, 3.63) is 68.8 Å². The van der Waals surface area contributed by atoms with Crippen LogP contribution in [-0.4, -0.2) is 117 Å². The smallest absolute Gasteiger partial charge is 0.407 e. The molecule has 4 aliphatic carbocycles. The molecule has 0 bridgehead atoms. The number of ether oxygens (including phenoxy) is 5. The molecule has 2 aromatic heterocycles. The number of Topliss-reactive ketones (excluding diaryl/α,β-unsaturated/α-hetero) is 1. The Balaban J connectivity index is 0.726. The number of aliphatic hydroxyl groups excluding tert-OH is 1. The van der Waals surface area contributed by atoms with E-state index < -0.39 is 82.3 Å². The summed E-state index contributed by atoms with van der Waals surface area (Å²) in [6.07, 6.45) is 1.49. The number of hydrogen-bond acceptors (Lipinski definition) is 15. The second-order valence-corrected chi connectivity index (χ2v) is 18.5. The predicted octanol–water partition coefficient (Wildman–Crippen LogP) is 5.09. The van der Waals surface area contributed by atoms with Gasteiger partial charge in [0.2, 0.25) is 5.78 Å². The van der Waals surface area contributed by atoms with Crippen molar-refractivity contribution < 1.29 is 71.1 Å². The number of alkyl carbamates (subject to hydrolysis) is 3. The third kappa shape index (κ3) is 9.10. The number of rotatable bonds is 17. The number of benzene rings is 1. The lowest BCUT2D eigenvalue weighted by molar-refractivity contribution is -0.219. The molecule has 19 heteroatoms. The number of carbonyl (C=O) groups excluding carboxylic acids is 5. The third-order valence-electron chi connectivity index (χ3n) is 14.8. The number of alkyl halides is 1. The van der Waals surface area contributed by atoms with E-state index in [1.807, 2.05) is 19.9 Å². The summed E-state index contributed by atoms with van der Waals surface area (Å²) in [6.45, 7) is 10.2. The van der Waals surface area contributed by atoms with Gasteiger partial charge in [-0.25, -0.2) is 23.6 Å². The molecule has 0 spiro atoms. The van der Waals surface area contributed by atoms with Gasteiger partial charge in [-0.1, -0.05) is 25.5 Å². The number of hydrogen-bond donors (Lipinski definition) is 5. The lowest BCUT2D eigenvalue weighted by atomic mass is 9.44. The highest BCUT2D eigenvalue weighted by atomic mass is 19.1. The van der Waals surface area contributed by atoms with Gasteiger partial charge in [0.25, 0.3) is 0 Å². The Morgan fingerprint density at radius 1 is 0.836 bits per heavy atom. The second-order valence-electron chi connectivity index (χ2n) is 18.5. The normalized spacial score (nSPS) is 28.6. The molecule has 0 aliphatic heterocycles. The molecule has 0 radical (unpaired) electrons. The van der Waals surface area contributed by atoms with Crippen molar-refractivity contribution in [1.82, 2.24) is 16.0 Å². The summed E-state index contributed by atoms with van der Waals surface area (Å²) in [7, 11) is 0. The molecule has 18 nitrogen and oxygen atoms in total. The van der Waals surface area contributed by atoms with Crippen LogP contribution in [0.3, 0.4) is 0 Å². The lowest BCUT2D eigenvalue weighted by Gasteiger charge is -2.62. The Morgan fingerprint density at radius 3 is 2.13 bits per heavy atom. The van der Waals surface area contributed by atoms with Crippen molar-refractivity contribution in [2.24, 2.45) is 28.6 Å². The average molecular weight is 938 g/mol. The minimum Gasteiger partial charge on any atom is -0.461 e. The Kier molecular flexibility index (Phi) is 14.4. The monoisotopic (exact) mass is 937 g/mol. The highest BCUT2D eigenvalue weighted by Crippen LogP contribution is 2.70. The minimum atomic E-state index is -2.11. The molecule has 3 aromatic rings. The third-order valence-corrected chi connectivity index (χ3v) is 14.8. The molecule has 2 heterocycles. The highest BCUT2D eigenvalue weighted by Gasteiger charge is 2.75. The largest absolute Gasteiger partial charge is 0.461 e. The first kappa shape index (κ1) is 49.3. The molecule has 4 aliphatic rings. The molecule has 3 fully saturated rings. The Labute approximate surface area is 385 Å². The van der Waals surface area contributed by atoms with Crippen LogP contribution in [-0.2, 0) is 39.8 Å². The van der Waals surface area contributed by atoms with Gasteiger partial charge in [0.15, 0.2) is 18.1 Å². The first-order valence-corrected chi connectivity index (χ1v) is 22.7. The van der Waals surface area contributed by atoms with Crippen molar-refractivity contribution in [3.63, 3.8) is 0 Å². The molecule has 364 valence electrons. The van der Waals surface area contributed by atoms with Gasteiger partial charge in [-0.2, -0.15) is 0 Å². The summed E-state index contributed by atoms with van der Waals surface area (Å²) in [4.78, 5) is 74.6. The maximum atomic E-state index is 17.4. The van der Waals surface area contributed by atoms with Crippen LogP contribution in [0.1, 0.15) is 68.9 Å². The average Bonchev–Trinajstić information content (AvgIpc) is 3.70. The Bertz CT molecular complexity index is 2550. The van der Waals surface area contributed by atoms with E-state index in [4.69, 9.17) is 32.5 Å². The van der Waals surface area contributed by atoms with E-state index >= 15 is 4.39 Å². The zero-order valence-corrected chi connectivity index (χ0v) is 38.7. The summed E-state index contributed by atoms with van der Waals surface area (Å²) in [5, 5.41) is 32.9. The minimum absolute atomic E-state index is 0.00525. The predicted molar refractivity (Wildman–Crippen MR) is 238 cm³/mol. The summed E-state index contributed by atoms with van der Waals surface area (Å²) < 4.78 is 55.0. The fourth-order valence-electron chi connectivity index (χ4n) is 11.3. The van der Waals surface area contributed by atoms with Crippen LogP contribution < -0.4 is 21.6 Å². The number of allylic oxidation sites excluding steroid dienone is 4. The molecular formula is C48H60FN3O15. The number of fused-ring (bicyclic) bond motifs is 7. The zero-order chi connectivity index (χ0) is 48.5. The number of halogens is 1. The first-order valence-electron chi connectivity index (χ1n) is 22.7. The lowest BCUT2D eigenvalue weighted by Crippen LogP contribution is -2.69. The van der Waals surface area contributed by atoms with Gasteiger partial charge in [0.05, 0.1) is 39.1 Å². The van der Waals surface area contributed by atoms with E-state index in [2.05, 4.69) is 16.0 Å². The summed E-state index contributed by atoms with van der Waals surface area (Å²) in [6, 6.07) is 3.31. The molecule has 3 saturated carbocycles. The molecular weight excluding hydrogens is 878 g/mol. The van der Waals surface area contributed by atoms with Crippen LogP contribution in [0.4, 0.5) is 18.8 Å². The molecule has 8 atom stereocenters. The van der Waals surface area contributed by atoms with Gasteiger partial charge < -0.3 is 58.7 Å². The van der Waals surface area contributed by atoms with Gasteiger partial charge in [0.1, 0.15) is 35.7 Å². The van der Waals surface area contributed by atoms with Crippen LogP contribution in [0.2, 0.25) is 0 Å². The van der Waals surface area contributed by atoms with E-state index in [0.717, 1.165) is 21.9 Å². The maximum absolute atomic E-state index is 17.4. The van der Waals surface area contributed by atoms with Crippen molar-refractivity contribution in [2.45, 2.75) is 91.1 Å². The molecule has 3 amide bonds. The number of ketones is 2. The van der Waals surface area contributed by atoms with E-state index in [1.54, 1.807) is 33.8 Å². The van der Waals surface area contributed by atoms with Crippen LogP contribution >= 0.6 is 0 Å². The zero-order valence-electron chi connectivity index (χ0n) is 38.7. The topological polar surface area (TPSA) is 251 Å². The summed E-state index contributed by atoms with van der Waals surface area (Å²) in [5.74, 6) is -2.09. The molecule has 1 aromatic carbocycles. The second kappa shape index (κ2) is 19.5. The van der Waals surface area contributed by atoms with Crippen LogP contribution in [0, 0.1) is 49.4 Å². The maximum Gasteiger partial charge on any atom is 0.407 e. The molecule has 5 N–H and O–H groups in total. The van der Waals surface area contributed by atoms with Crippen molar-refractivity contribution in [1.29, 1.82) is 0 Å². The van der Waals surface area contributed by atoms with Crippen molar-refractivity contribution in [2.75, 3.05) is 59.3 Å². The number of amides is 3. The van der Waals surface area contributed by atoms with Gasteiger partial charge in [-0.15, -0.1) is 0 Å². The molecule has 5 unspecified atom stereocenters. The van der Waals surface area contributed by atoms with Gasteiger partial charge in [-0.05, 0) is 89.0 Å². The number of furan rings is 1. The quantitative estimate of drug-likeness (QED) is 0.0672. The van der Waals surface area contributed by atoms with Crippen molar-refractivity contribution >= 4 is 51.8 Å². The number of nitrogens with one attached hydrogen (secondary N) is 3. The number of aliphatic hydroxyl groups is 2. The summed E-state index contributed by atoms with van der Waals surface area (Å²) in [5.41, 5.74) is -3.06. The molecule has 7 rings (SSSR count). The first-order chi connectivity index (χ1) is 31.8. The fraction of sp³-hybridized carbons (Fsp3) is 0.583. The Hall–Kier alpha value is -5.63. The molecule has 67 heavy (non-hydrogen) atoms. The van der Waals surface area contributed by atoms with Crippen LogP contribution in [0.5, 0.6) is 0 Å². The van der Waals surface area contributed by atoms with Gasteiger partial charge in [0, 0.05) is 57.8 Å². The van der Waals surface area contributed by atoms with E-state index in [9.17, 15) is 39.0 Å². The summed E-state index contributed by atoms with van der Waals surface area (Å²) >= 11 is 0. The Morgan fingerprint density at radius 2 is 1.46 bits per heavy atom. The standard InChI is InChI=1S/C48H60FN3O15/c1-26-19-39(56)67-40-28(3)41-33(22-32(26)40)34(29(4)66-41)24-52-44(59)64-18-16-61-13-11-50-42(57)63-17-15-62-14-12-51-43(58)65-25-38(55)48(60)27(2)20-36-35-8-7-30-21-31(53)9-10-45(30,5)47(35,49)37(54)23-46(36,48)6/h9-10,19,21-22,27,35-37,54,60H,7-8,11-18,20,23-25H2,1-6H3,(H,50,57)(H,51,58)(H,52,59)/t27-,35?,36?,37?,45?,46?,47+,48+/m1/s1. The number of aryl methyl sites for hydroxylation is 3. The van der Waals surface area contributed by atoms with E-state index in [-0.39, 0.29) is 71.5 Å². The van der Waals surface area contributed by atoms with Crippen molar-refractivity contribution in [3.8, 4) is 0 Å². The highest BCUT2D eigenvalue weighted by molar-refractivity contribution is 6.01. The SMILES string of the molecule is Cc1oc2c(C)c3oc(=O)cc(C)c3cc2c1CNC(=O)OCCOCCNC(=O)OCCOCCNC(=O)OCC(=O)[C@@]1(O)[C@H](C)CC2C3CCC4=CC(=O)C=CC4(C)[C@@]3(F)C(O)CC21C. The van der Waals surface area contributed by atoms with Gasteiger partial charge in [-0.3, -0.25) is 9.59 Å².